The molecule has 5 nitrogen and oxygen atoms in total. The van der Waals surface area contributed by atoms with Crippen molar-refractivity contribution in [1.82, 2.24) is 10.2 Å². The Morgan fingerprint density at radius 3 is 2.68 bits per heavy atom. The Bertz CT molecular complexity index is 556. The molecule has 0 radical (unpaired) electrons. The molecule has 0 aromatic heterocycles. The van der Waals surface area contributed by atoms with Crippen molar-refractivity contribution in [3.63, 3.8) is 0 Å². The first-order valence-electron chi connectivity index (χ1n) is 6.48. The summed E-state index contributed by atoms with van der Waals surface area (Å²) >= 11 is 0. The SMILES string of the molecule is CN1C(=O)CCc2cc(C3CNC(=O)N3C)ccc21. The number of urea groups is 1. The lowest BCUT2D eigenvalue weighted by molar-refractivity contribution is -0.118. The summed E-state index contributed by atoms with van der Waals surface area (Å²) in [4.78, 5) is 26.6. The van der Waals surface area contributed by atoms with Gasteiger partial charge in [-0.2, -0.15) is 0 Å². The number of hydrogen-bond acceptors (Lipinski definition) is 2. The fraction of sp³-hybridized carbons (Fsp3) is 0.429. The number of nitrogens with one attached hydrogen (secondary N) is 1. The minimum absolute atomic E-state index is 0.0324. The molecule has 0 saturated carbocycles. The van der Waals surface area contributed by atoms with E-state index in [0.717, 1.165) is 17.7 Å². The average molecular weight is 259 g/mol. The van der Waals surface area contributed by atoms with Gasteiger partial charge in [0.25, 0.3) is 0 Å². The molecular weight excluding hydrogens is 242 g/mol. The first-order valence-corrected chi connectivity index (χ1v) is 6.48. The minimum atomic E-state index is -0.0324. The monoisotopic (exact) mass is 259 g/mol. The Balaban J connectivity index is 1.94. The Kier molecular flexibility index (Phi) is 2.69. The molecule has 5 heteroatoms. The minimum Gasteiger partial charge on any atom is -0.336 e. The zero-order valence-corrected chi connectivity index (χ0v) is 11.1. The Morgan fingerprint density at radius 1 is 1.21 bits per heavy atom. The lowest BCUT2D eigenvalue weighted by atomic mass is 9.96. The van der Waals surface area contributed by atoms with E-state index in [0.29, 0.717) is 13.0 Å². The van der Waals surface area contributed by atoms with Crippen LogP contribution in [-0.2, 0) is 11.2 Å². The van der Waals surface area contributed by atoms with Crippen molar-refractivity contribution in [3.8, 4) is 0 Å². The van der Waals surface area contributed by atoms with E-state index >= 15 is 0 Å². The number of aryl methyl sites for hydroxylation is 1. The third kappa shape index (κ3) is 1.85. The smallest absolute Gasteiger partial charge is 0.317 e. The van der Waals surface area contributed by atoms with Gasteiger partial charge in [-0.3, -0.25) is 4.79 Å². The van der Waals surface area contributed by atoms with E-state index in [9.17, 15) is 9.59 Å². The molecule has 1 aromatic rings. The van der Waals surface area contributed by atoms with Crippen molar-refractivity contribution in [2.24, 2.45) is 0 Å². The van der Waals surface area contributed by atoms with E-state index in [4.69, 9.17) is 0 Å². The normalized spacial score (nSPS) is 22.5. The quantitative estimate of drug-likeness (QED) is 0.826. The van der Waals surface area contributed by atoms with Crippen molar-refractivity contribution in [2.45, 2.75) is 18.9 Å². The standard InChI is InChI=1S/C14H17N3O2/c1-16-11-5-3-10(7-9(11)4-6-13(16)18)12-8-15-14(19)17(12)2/h3,5,7,12H,4,6,8H2,1-2H3,(H,15,19). The van der Waals surface area contributed by atoms with Crippen molar-refractivity contribution >= 4 is 17.6 Å². The summed E-state index contributed by atoms with van der Waals surface area (Å²) in [5, 5.41) is 2.84. The van der Waals surface area contributed by atoms with Gasteiger partial charge in [0, 0.05) is 32.7 Å². The molecule has 0 bridgehead atoms. The van der Waals surface area contributed by atoms with Crippen molar-refractivity contribution in [1.29, 1.82) is 0 Å². The third-order valence-corrected chi connectivity index (χ3v) is 4.07. The van der Waals surface area contributed by atoms with Crippen LogP contribution in [0.4, 0.5) is 10.5 Å². The molecule has 19 heavy (non-hydrogen) atoms. The van der Waals surface area contributed by atoms with Gasteiger partial charge in [-0.1, -0.05) is 12.1 Å². The second-order valence-electron chi connectivity index (χ2n) is 5.15. The van der Waals surface area contributed by atoms with Crippen LogP contribution in [0.15, 0.2) is 18.2 Å². The van der Waals surface area contributed by atoms with Crippen LogP contribution in [0.25, 0.3) is 0 Å². The molecule has 1 N–H and O–H groups in total. The first-order chi connectivity index (χ1) is 9.08. The predicted octanol–water partition coefficient (Wildman–Crippen LogP) is 1.29. The molecule has 1 saturated heterocycles. The van der Waals surface area contributed by atoms with Crippen LogP contribution >= 0.6 is 0 Å². The second-order valence-corrected chi connectivity index (χ2v) is 5.15. The van der Waals surface area contributed by atoms with Crippen LogP contribution < -0.4 is 10.2 Å². The first kappa shape index (κ1) is 12.0. The fourth-order valence-corrected chi connectivity index (χ4v) is 2.81. The number of carbonyl (C=O) groups excluding carboxylic acids is 2. The molecule has 2 aliphatic rings. The van der Waals surface area contributed by atoms with E-state index in [-0.39, 0.29) is 18.0 Å². The summed E-state index contributed by atoms with van der Waals surface area (Å²) in [6.07, 6.45) is 1.34. The molecule has 0 spiro atoms. The number of benzene rings is 1. The average Bonchev–Trinajstić information content (AvgIpc) is 2.74. The van der Waals surface area contributed by atoms with Gasteiger partial charge in [0.15, 0.2) is 0 Å². The molecule has 3 rings (SSSR count). The van der Waals surface area contributed by atoms with Crippen LogP contribution in [-0.4, -0.2) is 37.5 Å². The summed E-state index contributed by atoms with van der Waals surface area (Å²) < 4.78 is 0. The van der Waals surface area contributed by atoms with Gasteiger partial charge in [-0.05, 0) is 23.6 Å². The maximum atomic E-state index is 11.7. The van der Waals surface area contributed by atoms with E-state index in [2.05, 4.69) is 11.4 Å². The lowest BCUT2D eigenvalue weighted by Gasteiger charge is -2.27. The Hall–Kier alpha value is -2.04. The van der Waals surface area contributed by atoms with Crippen LogP contribution in [0, 0.1) is 0 Å². The number of rotatable bonds is 1. The number of anilines is 1. The van der Waals surface area contributed by atoms with Gasteiger partial charge in [0.1, 0.15) is 0 Å². The summed E-state index contributed by atoms with van der Waals surface area (Å²) in [5.74, 6) is 0.162. The summed E-state index contributed by atoms with van der Waals surface area (Å²) in [6, 6.07) is 6.17. The molecule has 3 amide bonds. The molecule has 2 heterocycles. The molecule has 0 aliphatic carbocycles. The number of hydrogen-bond donors (Lipinski definition) is 1. The summed E-state index contributed by atoms with van der Waals surface area (Å²) in [5.41, 5.74) is 3.30. The van der Waals surface area contributed by atoms with E-state index in [1.165, 1.54) is 5.56 Å². The molecular formula is C14H17N3O2. The van der Waals surface area contributed by atoms with Crippen LogP contribution in [0.3, 0.4) is 0 Å². The van der Waals surface area contributed by atoms with Crippen LogP contribution in [0.5, 0.6) is 0 Å². The number of nitrogens with zero attached hydrogens (tertiary/aromatic N) is 2. The Morgan fingerprint density at radius 2 is 2.00 bits per heavy atom. The summed E-state index contributed by atoms with van der Waals surface area (Å²) in [7, 11) is 3.62. The molecule has 1 atom stereocenters. The zero-order valence-electron chi connectivity index (χ0n) is 11.1. The topological polar surface area (TPSA) is 52.7 Å². The van der Waals surface area contributed by atoms with Gasteiger partial charge < -0.3 is 15.1 Å². The number of amides is 3. The van der Waals surface area contributed by atoms with Gasteiger partial charge in [-0.25, -0.2) is 4.79 Å². The maximum Gasteiger partial charge on any atom is 0.317 e. The highest BCUT2D eigenvalue weighted by Gasteiger charge is 2.29. The number of likely N-dealkylation sites (N-methyl/N-ethyl adjacent to an activating group) is 1. The van der Waals surface area contributed by atoms with Crippen molar-refractivity contribution in [3.05, 3.63) is 29.3 Å². The van der Waals surface area contributed by atoms with Gasteiger partial charge in [0.2, 0.25) is 5.91 Å². The van der Waals surface area contributed by atoms with Crippen molar-refractivity contribution in [2.75, 3.05) is 25.5 Å². The maximum absolute atomic E-state index is 11.7. The fourth-order valence-electron chi connectivity index (χ4n) is 2.81. The summed E-state index contributed by atoms with van der Waals surface area (Å²) in [6.45, 7) is 0.642. The molecule has 100 valence electrons. The second kappa shape index (κ2) is 4.26. The largest absolute Gasteiger partial charge is 0.336 e. The van der Waals surface area contributed by atoms with Crippen LogP contribution in [0.1, 0.15) is 23.6 Å². The van der Waals surface area contributed by atoms with E-state index in [1.807, 2.05) is 26.2 Å². The Labute approximate surface area is 112 Å². The molecule has 2 aliphatic heterocycles. The van der Waals surface area contributed by atoms with Crippen molar-refractivity contribution < 1.29 is 9.59 Å². The predicted molar refractivity (Wildman–Crippen MR) is 72.1 cm³/mol. The lowest BCUT2D eigenvalue weighted by Crippen LogP contribution is -2.31. The van der Waals surface area contributed by atoms with Gasteiger partial charge in [-0.15, -0.1) is 0 Å². The third-order valence-electron chi connectivity index (χ3n) is 4.07. The highest BCUT2D eigenvalue weighted by molar-refractivity contribution is 5.95. The van der Waals surface area contributed by atoms with Gasteiger partial charge in [0.05, 0.1) is 6.04 Å². The highest BCUT2D eigenvalue weighted by atomic mass is 16.2. The number of carbonyl (C=O) groups is 2. The van der Waals surface area contributed by atoms with Gasteiger partial charge >= 0.3 is 6.03 Å². The zero-order chi connectivity index (χ0) is 13.6. The molecule has 1 fully saturated rings. The van der Waals surface area contributed by atoms with E-state index in [1.54, 1.807) is 9.80 Å². The number of fused-ring (bicyclic) bond motifs is 1. The van der Waals surface area contributed by atoms with Crippen LogP contribution in [0.2, 0.25) is 0 Å². The highest BCUT2D eigenvalue weighted by Crippen LogP contribution is 2.31. The van der Waals surface area contributed by atoms with E-state index < -0.39 is 0 Å². The molecule has 1 unspecified atom stereocenters. The molecule has 1 aromatic carbocycles.